The average Bonchev–Trinajstić information content (AvgIpc) is 3.21. The molecule has 0 aliphatic carbocycles. The van der Waals surface area contributed by atoms with Crippen molar-refractivity contribution in [1.29, 1.82) is 0 Å². The zero-order valence-electron chi connectivity index (χ0n) is 14.8. The number of para-hydroxylation sites is 1. The number of amides is 1. The topological polar surface area (TPSA) is 72.1 Å². The first-order chi connectivity index (χ1) is 12.7. The maximum absolute atomic E-state index is 12.6. The summed E-state index contributed by atoms with van der Waals surface area (Å²) in [7, 11) is 0. The van der Waals surface area contributed by atoms with Gasteiger partial charge in [0.25, 0.3) is 0 Å². The Bertz CT molecular complexity index is 658. The predicted molar refractivity (Wildman–Crippen MR) is 95.8 cm³/mol. The second kappa shape index (κ2) is 9.40. The van der Waals surface area contributed by atoms with E-state index in [4.69, 9.17) is 13.9 Å². The van der Waals surface area contributed by atoms with Crippen molar-refractivity contribution in [3.63, 3.8) is 0 Å². The Balaban J connectivity index is 1.46. The third-order valence-corrected chi connectivity index (χ3v) is 4.46. The molecule has 1 N–H and O–H groups in total. The van der Waals surface area contributed by atoms with Crippen LogP contribution in [0.25, 0.3) is 0 Å². The van der Waals surface area contributed by atoms with Gasteiger partial charge in [0.2, 0.25) is 5.91 Å². The molecule has 1 aliphatic heterocycles. The van der Waals surface area contributed by atoms with Crippen LogP contribution in [0.5, 0.6) is 5.75 Å². The van der Waals surface area contributed by atoms with Gasteiger partial charge in [-0.05, 0) is 30.7 Å². The Labute approximate surface area is 153 Å². The van der Waals surface area contributed by atoms with Crippen LogP contribution in [0.1, 0.15) is 31.1 Å². The van der Waals surface area contributed by atoms with Gasteiger partial charge in [0.15, 0.2) is 0 Å². The lowest BCUT2D eigenvalue weighted by atomic mass is 10.0. The average molecular weight is 359 g/mol. The zero-order valence-corrected chi connectivity index (χ0v) is 14.8. The van der Waals surface area contributed by atoms with E-state index in [2.05, 4.69) is 0 Å². The summed E-state index contributed by atoms with van der Waals surface area (Å²) in [6.45, 7) is 2.01. The molecule has 1 amide bonds. The number of nitrogens with zero attached hydrogens (tertiary/aromatic N) is 1. The highest BCUT2D eigenvalue weighted by Crippen LogP contribution is 2.23. The largest absolute Gasteiger partial charge is 0.494 e. The summed E-state index contributed by atoms with van der Waals surface area (Å²) in [5.41, 5.74) is 0. The normalized spacial score (nSPS) is 18.5. The van der Waals surface area contributed by atoms with Gasteiger partial charge in [0, 0.05) is 19.4 Å². The van der Waals surface area contributed by atoms with Crippen LogP contribution < -0.4 is 4.74 Å². The first kappa shape index (κ1) is 18.5. The molecule has 2 heterocycles. The van der Waals surface area contributed by atoms with Gasteiger partial charge in [0.1, 0.15) is 17.6 Å². The van der Waals surface area contributed by atoms with Gasteiger partial charge in [-0.2, -0.15) is 0 Å². The number of aliphatic hydroxyl groups is 1. The molecule has 2 aromatic rings. The van der Waals surface area contributed by atoms with E-state index in [1.165, 1.54) is 6.26 Å². The number of carbonyl (C=O) groups is 1. The van der Waals surface area contributed by atoms with Crippen molar-refractivity contribution in [2.24, 2.45) is 0 Å². The van der Waals surface area contributed by atoms with Crippen LogP contribution in [0.4, 0.5) is 0 Å². The van der Waals surface area contributed by atoms with Crippen molar-refractivity contribution in [2.75, 3.05) is 26.4 Å². The summed E-state index contributed by atoms with van der Waals surface area (Å²) < 4.78 is 16.4. The molecule has 1 aromatic carbocycles. The fourth-order valence-corrected chi connectivity index (χ4v) is 3.11. The molecule has 2 atom stereocenters. The molecule has 1 fully saturated rings. The van der Waals surface area contributed by atoms with Gasteiger partial charge in [-0.25, -0.2) is 0 Å². The smallest absolute Gasteiger partial charge is 0.223 e. The first-order valence-corrected chi connectivity index (χ1v) is 9.00. The number of hydrogen-bond acceptors (Lipinski definition) is 5. The van der Waals surface area contributed by atoms with E-state index in [1.54, 1.807) is 12.1 Å². The number of rotatable bonds is 8. The Morgan fingerprint density at radius 3 is 2.88 bits per heavy atom. The molecule has 0 bridgehead atoms. The van der Waals surface area contributed by atoms with Crippen LogP contribution in [0.3, 0.4) is 0 Å². The van der Waals surface area contributed by atoms with E-state index in [0.29, 0.717) is 51.4 Å². The van der Waals surface area contributed by atoms with Crippen LogP contribution in [0, 0.1) is 0 Å². The quantitative estimate of drug-likeness (QED) is 0.734. The molecule has 1 saturated heterocycles. The number of aliphatic hydroxyl groups excluding tert-OH is 1. The van der Waals surface area contributed by atoms with Crippen LogP contribution in [-0.4, -0.2) is 48.3 Å². The molecule has 6 nitrogen and oxygen atoms in total. The molecule has 1 aromatic heterocycles. The molecular formula is C20H25NO5. The van der Waals surface area contributed by atoms with Crippen molar-refractivity contribution in [1.82, 2.24) is 4.90 Å². The highest BCUT2D eigenvalue weighted by atomic mass is 16.5. The fourth-order valence-electron chi connectivity index (χ4n) is 3.11. The van der Waals surface area contributed by atoms with E-state index < -0.39 is 6.10 Å². The van der Waals surface area contributed by atoms with E-state index >= 15 is 0 Å². The number of carbonyl (C=O) groups excluding carboxylic acids is 1. The molecule has 6 heteroatoms. The molecule has 0 spiro atoms. The fraction of sp³-hybridized carbons (Fsp3) is 0.450. The molecular weight excluding hydrogens is 334 g/mol. The summed E-state index contributed by atoms with van der Waals surface area (Å²) in [6, 6.07) is 12.9. The minimum Gasteiger partial charge on any atom is -0.494 e. The van der Waals surface area contributed by atoms with Crippen molar-refractivity contribution in [3.05, 3.63) is 54.5 Å². The van der Waals surface area contributed by atoms with E-state index in [9.17, 15) is 9.90 Å². The third-order valence-electron chi connectivity index (χ3n) is 4.46. The molecule has 1 aliphatic rings. The number of hydrogen-bond donors (Lipinski definition) is 1. The molecule has 0 saturated carbocycles. The molecule has 140 valence electrons. The lowest BCUT2D eigenvalue weighted by Crippen LogP contribution is -2.49. The van der Waals surface area contributed by atoms with Crippen LogP contribution in [-0.2, 0) is 9.53 Å². The molecule has 26 heavy (non-hydrogen) atoms. The van der Waals surface area contributed by atoms with E-state index in [-0.39, 0.29) is 11.9 Å². The number of morpholine rings is 1. The standard InChI is InChI=1S/C20H25NO5/c22-18(19-8-4-12-26-19)14-16-15-24-13-10-21(16)20(23)9-5-11-25-17-6-2-1-3-7-17/h1-4,6-8,12,16,18,22H,5,9-11,13-15H2/t16-,18-/m0/s1. The van der Waals surface area contributed by atoms with Gasteiger partial charge >= 0.3 is 0 Å². The van der Waals surface area contributed by atoms with Gasteiger partial charge in [-0.1, -0.05) is 18.2 Å². The number of benzene rings is 1. The lowest BCUT2D eigenvalue weighted by molar-refractivity contribution is -0.141. The lowest BCUT2D eigenvalue weighted by Gasteiger charge is -2.36. The summed E-state index contributed by atoms with van der Waals surface area (Å²) in [5.74, 6) is 1.40. The van der Waals surface area contributed by atoms with Gasteiger partial charge < -0.3 is 23.9 Å². The van der Waals surface area contributed by atoms with Crippen molar-refractivity contribution in [3.8, 4) is 5.75 Å². The highest BCUT2D eigenvalue weighted by Gasteiger charge is 2.29. The van der Waals surface area contributed by atoms with Crippen molar-refractivity contribution in [2.45, 2.75) is 31.4 Å². The Kier molecular flexibility index (Phi) is 6.68. The summed E-state index contributed by atoms with van der Waals surface area (Å²) in [6.07, 6.45) is 2.26. The Morgan fingerprint density at radius 1 is 1.27 bits per heavy atom. The summed E-state index contributed by atoms with van der Waals surface area (Å²) in [4.78, 5) is 14.4. The molecule has 0 radical (unpaired) electrons. The Morgan fingerprint density at radius 2 is 2.12 bits per heavy atom. The minimum atomic E-state index is -0.742. The van der Waals surface area contributed by atoms with Crippen molar-refractivity contribution >= 4 is 5.91 Å². The number of furan rings is 1. The second-order valence-electron chi connectivity index (χ2n) is 6.35. The van der Waals surface area contributed by atoms with Gasteiger partial charge in [-0.15, -0.1) is 0 Å². The number of ether oxygens (including phenoxy) is 2. The highest BCUT2D eigenvalue weighted by molar-refractivity contribution is 5.76. The van der Waals surface area contributed by atoms with Crippen LogP contribution in [0.15, 0.2) is 53.1 Å². The monoisotopic (exact) mass is 359 g/mol. The maximum atomic E-state index is 12.6. The van der Waals surface area contributed by atoms with Crippen LogP contribution >= 0.6 is 0 Å². The second-order valence-corrected chi connectivity index (χ2v) is 6.35. The SMILES string of the molecule is O=C(CCCOc1ccccc1)N1CCOC[C@@H]1C[C@H](O)c1ccco1. The first-order valence-electron chi connectivity index (χ1n) is 9.00. The van der Waals surface area contributed by atoms with E-state index in [0.717, 1.165) is 5.75 Å². The summed E-state index contributed by atoms with van der Waals surface area (Å²) in [5, 5.41) is 10.3. The van der Waals surface area contributed by atoms with Crippen LogP contribution in [0.2, 0.25) is 0 Å². The van der Waals surface area contributed by atoms with Gasteiger partial charge in [-0.3, -0.25) is 4.79 Å². The maximum Gasteiger partial charge on any atom is 0.223 e. The predicted octanol–water partition coefficient (Wildman–Crippen LogP) is 2.79. The zero-order chi connectivity index (χ0) is 18.2. The summed E-state index contributed by atoms with van der Waals surface area (Å²) >= 11 is 0. The molecule has 0 unspecified atom stereocenters. The van der Waals surface area contributed by atoms with Crippen molar-refractivity contribution < 1.29 is 23.8 Å². The van der Waals surface area contributed by atoms with Gasteiger partial charge in [0.05, 0.1) is 32.1 Å². The van der Waals surface area contributed by atoms with E-state index in [1.807, 2.05) is 35.2 Å². The Hall–Kier alpha value is -2.31. The molecule has 3 rings (SSSR count). The third kappa shape index (κ3) is 5.09. The minimum absolute atomic E-state index is 0.0709.